The second-order valence-electron chi connectivity index (χ2n) is 4.71. The SMILES string of the molecule is CC(C)(C)S(=O)(=O)N1CCC[C@H]1CO. The van der Waals surface area contributed by atoms with Crippen LogP contribution >= 0.6 is 0 Å². The number of hydrogen-bond acceptors (Lipinski definition) is 3. The first-order chi connectivity index (χ1) is 6.30. The van der Waals surface area contributed by atoms with Crippen LogP contribution in [0.3, 0.4) is 0 Å². The Bertz CT molecular complexity index is 292. The summed E-state index contributed by atoms with van der Waals surface area (Å²) in [5, 5.41) is 9.06. The lowest BCUT2D eigenvalue weighted by molar-refractivity contribution is 0.211. The second-order valence-corrected chi connectivity index (χ2v) is 7.35. The van der Waals surface area contributed by atoms with Gasteiger partial charge in [-0.3, -0.25) is 0 Å². The van der Waals surface area contributed by atoms with Gasteiger partial charge >= 0.3 is 0 Å². The molecule has 0 saturated carbocycles. The average Bonchev–Trinajstić information content (AvgIpc) is 2.49. The monoisotopic (exact) mass is 221 g/mol. The maximum Gasteiger partial charge on any atom is 0.219 e. The molecule has 0 amide bonds. The Balaban J connectivity index is 2.93. The Kier molecular flexibility index (Phi) is 3.23. The van der Waals surface area contributed by atoms with E-state index in [0.717, 1.165) is 12.8 Å². The van der Waals surface area contributed by atoms with E-state index in [2.05, 4.69) is 0 Å². The fourth-order valence-corrected chi connectivity index (χ4v) is 3.30. The molecule has 1 heterocycles. The summed E-state index contributed by atoms with van der Waals surface area (Å²) < 4.78 is 24.8. The zero-order valence-corrected chi connectivity index (χ0v) is 9.84. The maximum absolute atomic E-state index is 12.0. The largest absolute Gasteiger partial charge is 0.395 e. The van der Waals surface area contributed by atoms with E-state index in [9.17, 15) is 8.42 Å². The quantitative estimate of drug-likeness (QED) is 0.741. The van der Waals surface area contributed by atoms with Crippen molar-refractivity contribution in [1.29, 1.82) is 0 Å². The topological polar surface area (TPSA) is 57.6 Å². The third-order valence-electron chi connectivity index (χ3n) is 2.62. The first-order valence-electron chi connectivity index (χ1n) is 4.93. The Labute approximate surface area is 86.0 Å². The molecule has 0 radical (unpaired) electrons. The Hall–Kier alpha value is -0.130. The van der Waals surface area contributed by atoms with Gasteiger partial charge in [-0.1, -0.05) is 0 Å². The highest BCUT2D eigenvalue weighted by molar-refractivity contribution is 7.90. The summed E-state index contributed by atoms with van der Waals surface area (Å²) in [6, 6.07) is -0.209. The predicted octanol–water partition coefficient (Wildman–Crippen LogP) is 0.571. The summed E-state index contributed by atoms with van der Waals surface area (Å²) in [6.45, 7) is 5.54. The van der Waals surface area contributed by atoms with Crippen LogP contribution in [0.25, 0.3) is 0 Å². The summed E-state index contributed by atoms with van der Waals surface area (Å²) in [5.41, 5.74) is 0. The van der Waals surface area contributed by atoms with Crippen LogP contribution in [-0.2, 0) is 10.0 Å². The highest BCUT2D eigenvalue weighted by Crippen LogP contribution is 2.28. The van der Waals surface area contributed by atoms with E-state index in [1.807, 2.05) is 0 Å². The first-order valence-corrected chi connectivity index (χ1v) is 6.37. The molecule has 0 aromatic rings. The Morgan fingerprint density at radius 2 is 2.00 bits per heavy atom. The molecule has 0 aliphatic carbocycles. The molecule has 1 fully saturated rings. The van der Waals surface area contributed by atoms with Crippen LogP contribution < -0.4 is 0 Å². The number of sulfonamides is 1. The standard InChI is InChI=1S/C9H19NO3S/c1-9(2,3)14(12,13)10-6-4-5-8(10)7-11/h8,11H,4-7H2,1-3H3/t8-/m0/s1. The van der Waals surface area contributed by atoms with Crippen molar-refractivity contribution in [2.45, 2.75) is 44.4 Å². The predicted molar refractivity (Wildman–Crippen MR) is 55.5 cm³/mol. The van der Waals surface area contributed by atoms with Crippen molar-refractivity contribution < 1.29 is 13.5 Å². The number of aliphatic hydroxyl groups is 1. The number of hydrogen-bond donors (Lipinski definition) is 1. The van der Waals surface area contributed by atoms with Crippen LogP contribution in [0.5, 0.6) is 0 Å². The van der Waals surface area contributed by atoms with Crippen LogP contribution in [0.4, 0.5) is 0 Å². The van der Waals surface area contributed by atoms with Crippen LogP contribution in [0.1, 0.15) is 33.6 Å². The van der Waals surface area contributed by atoms with E-state index in [1.54, 1.807) is 20.8 Å². The molecule has 14 heavy (non-hydrogen) atoms. The van der Waals surface area contributed by atoms with Gasteiger partial charge in [0.2, 0.25) is 10.0 Å². The average molecular weight is 221 g/mol. The van der Waals surface area contributed by atoms with Crippen molar-refractivity contribution in [3.05, 3.63) is 0 Å². The van der Waals surface area contributed by atoms with E-state index >= 15 is 0 Å². The summed E-state index contributed by atoms with van der Waals surface area (Å²) in [4.78, 5) is 0. The minimum Gasteiger partial charge on any atom is -0.395 e. The Morgan fingerprint density at radius 3 is 2.43 bits per heavy atom. The van der Waals surface area contributed by atoms with Crippen molar-refractivity contribution in [3.8, 4) is 0 Å². The lowest BCUT2D eigenvalue weighted by Gasteiger charge is -2.30. The van der Waals surface area contributed by atoms with E-state index in [1.165, 1.54) is 4.31 Å². The van der Waals surface area contributed by atoms with E-state index in [0.29, 0.717) is 6.54 Å². The molecule has 0 aromatic heterocycles. The van der Waals surface area contributed by atoms with Gasteiger partial charge in [0.05, 0.1) is 11.4 Å². The van der Waals surface area contributed by atoms with E-state index in [4.69, 9.17) is 5.11 Å². The number of nitrogens with zero attached hydrogens (tertiary/aromatic N) is 1. The molecule has 0 spiro atoms. The highest BCUT2D eigenvalue weighted by Gasteiger charge is 2.40. The highest BCUT2D eigenvalue weighted by atomic mass is 32.2. The molecule has 4 nitrogen and oxygen atoms in total. The van der Waals surface area contributed by atoms with E-state index in [-0.39, 0.29) is 12.6 Å². The molecule has 1 N–H and O–H groups in total. The van der Waals surface area contributed by atoms with Gasteiger partial charge in [0.15, 0.2) is 0 Å². The molecule has 84 valence electrons. The third-order valence-corrected chi connectivity index (χ3v) is 5.26. The van der Waals surface area contributed by atoms with Gasteiger partial charge in [0, 0.05) is 12.6 Å². The summed E-state index contributed by atoms with van der Waals surface area (Å²) in [6.07, 6.45) is 1.62. The zero-order chi connectivity index (χ0) is 11.0. The maximum atomic E-state index is 12.0. The minimum absolute atomic E-state index is 0.0741. The fourth-order valence-electron chi connectivity index (χ4n) is 1.66. The molecule has 0 aromatic carbocycles. The molecule has 1 aliphatic heterocycles. The summed E-state index contributed by atoms with van der Waals surface area (Å²) in [5.74, 6) is 0. The molecule has 1 atom stereocenters. The molecule has 5 heteroatoms. The lowest BCUT2D eigenvalue weighted by atomic mass is 10.2. The first kappa shape index (κ1) is 11.9. The van der Waals surface area contributed by atoms with Gasteiger partial charge < -0.3 is 5.11 Å². The van der Waals surface area contributed by atoms with Gasteiger partial charge in [-0.25, -0.2) is 8.42 Å². The normalized spacial score (nSPS) is 25.6. The molecule has 1 rings (SSSR count). The second kappa shape index (κ2) is 3.79. The van der Waals surface area contributed by atoms with Gasteiger partial charge in [0.1, 0.15) is 0 Å². The van der Waals surface area contributed by atoms with Gasteiger partial charge in [-0.15, -0.1) is 0 Å². The molecule has 1 aliphatic rings. The van der Waals surface area contributed by atoms with E-state index < -0.39 is 14.8 Å². The minimum atomic E-state index is -3.26. The van der Waals surface area contributed by atoms with Crippen molar-refractivity contribution in [3.63, 3.8) is 0 Å². The zero-order valence-electron chi connectivity index (χ0n) is 9.02. The molecular formula is C9H19NO3S. The number of aliphatic hydroxyl groups excluding tert-OH is 1. The van der Waals surface area contributed by atoms with Gasteiger partial charge in [0.25, 0.3) is 0 Å². The van der Waals surface area contributed by atoms with Crippen LogP contribution in [0.2, 0.25) is 0 Å². The van der Waals surface area contributed by atoms with Crippen LogP contribution in [-0.4, -0.2) is 41.8 Å². The molecular weight excluding hydrogens is 202 g/mol. The van der Waals surface area contributed by atoms with Crippen molar-refractivity contribution in [2.75, 3.05) is 13.2 Å². The van der Waals surface area contributed by atoms with Gasteiger partial charge in [-0.2, -0.15) is 4.31 Å². The number of rotatable bonds is 2. The fraction of sp³-hybridized carbons (Fsp3) is 1.00. The van der Waals surface area contributed by atoms with Gasteiger partial charge in [-0.05, 0) is 33.6 Å². The Morgan fingerprint density at radius 1 is 1.43 bits per heavy atom. The van der Waals surface area contributed by atoms with Crippen LogP contribution in [0, 0.1) is 0 Å². The van der Waals surface area contributed by atoms with Crippen molar-refractivity contribution >= 4 is 10.0 Å². The van der Waals surface area contributed by atoms with Crippen LogP contribution in [0.15, 0.2) is 0 Å². The summed E-state index contributed by atoms with van der Waals surface area (Å²) in [7, 11) is -3.26. The molecule has 1 saturated heterocycles. The lowest BCUT2D eigenvalue weighted by Crippen LogP contribution is -2.46. The molecule has 0 unspecified atom stereocenters. The smallest absolute Gasteiger partial charge is 0.219 e. The molecule has 0 bridgehead atoms. The van der Waals surface area contributed by atoms with Crippen molar-refractivity contribution in [1.82, 2.24) is 4.31 Å². The summed E-state index contributed by atoms with van der Waals surface area (Å²) >= 11 is 0. The third kappa shape index (κ3) is 1.94. The van der Waals surface area contributed by atoms with Crippen molar-refractivity contribution in [2.24, 2.45) is 0 Å².